The first kappa shape index (κ1) is 30.2. The number of carbonyl (C=O) groups excluding carboxylic acids is 1. The van der Waals surface area contributed by atoms with Crippen LogP contribution in [-0.2, 0) is 14.6 Å². The fourth-order valence-electron chi connectivity index (χ4n) is 5.25. The Bertz CT molecular complexity index is 1950. The van der Waals surface area contributed by atoms with Crippen LogP contribution in [0.1, 0.15) is 32.3 Å². The highest BCUT2D eigenvalue weighted by atomic mass is 35.5. The first-order chi connectivity index (χ1) is 20.3. The number of fused-ring (bicyclic) bond motifs is 1. The molecule has 0 bridgehead atoms. The number of anilines is 1. The lowest BCUT2D eigenvalue weighted by Gasteiger charge is -2.40. The second kappa shape index (κ2) is 11.5. The third-order valence-corrected chi connectivity index (χ3v) is 8.79. The molecule has 1 atom stereocenters. The maximum Gasteiger partial charge on any atom is 0.355 e. The molecule has 1 saturated heterocycles. The fourth-order valence-corrected chi connectivity index (χ4v) is 6.26. The molecular formula is C29H29ClFN7O4S. The van der Waals surface area contributed by atoms with Gasteiger partial charge in [-0.2, -0.15) is 4.98 Å². The van der Waals surface area contributed by atoms with Crippen molar-refractivity contribution in [1.82, 2.24) is 29.4 Å². The van der Waals surface area contributed by atoms with Crippen molar-refractivity contribution in [3.05, 3.63) is 76.5 Å². The highest BCUT2D eigenvalue weighted by Gasteiger charge is 2.31. The van der Waals surface area contributed by atoms with Crippen molar-refractivity contribution in [2.75, 3.05) is 30.8 Å². The van der Waals surface area contributed by atoms with Gasteiger partial charge in [0.25, 0.3) is 0 Å². The van der Waals surface area contributed by atoms with Crippen LogP contribution in [0.5, 0.6) is 0 Å². The van der Waals surface area contributed by atoms with Crippen LogP contribution in [0.2, 0.25) is 5.02 Å². The summed E-state index contributed by atoms with van der Waals surface area (Å²) in [6.07, 6.45) is 7.72. The molecule has 0 radical (unpaired) electrons. The number of rotatable bonds is 6. The normalized spacial score (nSPS) is 15.7. The van der Waals surface area contributed by atoms with E-state index in [0.29, 0.717) is 25.2 Å². The summed E-state index contributed by atoms with van der Waals surface area (Å²) in [5.74, 6) is -1.07. The number of carbonyl (C=O) groups is 1. The Hall–Kier alpha value is -4.23. The number of piperazine rings is 1. The molecule has 4 aromatic heterocycles. The molecule has 5 rings (SSSR count). The van der Waals surface area contributed by atoms with Crippen LogP contribution in [0.15, 0.2) is 59.3 Å². The zero-order chi connectivity index (χ0) is 31.2. The Kier molecular flexibility index (Phi) is 8.05. The second-order valence-electron chi connectivity index (χ2n) is 10.6. The lowest BCUT2D eigenvalue weighted by atomic mass is 10.0. The van der Waals surface area contributed by atoms with Gasteiger partial charge in [0.15, 0.2) is 15.5 Å². The SMILES string of the molecule is C=CC(=O)N1CCN(c2nc(=O)n(-c3c(C(C)C)cncc3S(C)(=O)=O)c3nc(-c4cnccc4Cl)c(F)cc23)[C@@H](C)C1. The predicted molar refractivity (Wildman–Crippen MR) is 162 cm³/mol. The monoisotopic (exact) mass is 625 g/mol. The van der Waals surface area contributed by atoms with E-state index < -0.39 is 21.3 Å². The van der Waals surface area contributed by atoms with Crippen LogP contribution in [0, 0.1) is 5.82 Å². The number of sulfone groups is 1. The van der Waals surface area contributed by atoms with Crippen LogP contribution < -0.4 is 10.6 Å². The number of aromatic nitrogens is 5. The van der Waals surface area contributed by atoms with Crippen molar-refractivity contribution in [3.8, 4) is 16.9 Å². The molecule has 43 heavy (non-hydrogen) atoms. The molecule has 11 nitrogen and oxygen atoms in total. The first-order valence-electron chi connectivity index (χ1n) is 13.4. The van der Waals surface area contributed by atoms with Gasteiger partial charge in [0, 0.05) is 62.3 Å². The van der Waals surface area contributed by atoms with Gasteiger partial charge in [-0.1, -0.05) is 32.0 Å². The average Bonchev–Trinajstić information content (AvgIpc) is 2.96. The Morgan fingerprint density at radius 2 is 1.93 bits per heavy atom. The molecule has 0 unspecified atom stereocenters. The van der Waals surface area contributed by atoms with Crippen molar-refractivity contribution in [2.24, 2.45) is 0 Å². The summed E-state index contributed by atoms with van der Waals surface area (Å²) >= 11 is 6.38. The van der Waals surface area contributed by atoms with E-state index >= 15 is 4.39 Å². The summed E-state index contributed by atoms with van der Waals surface area (Å²) in [5.41, 5.74) is -0.337. The molecule has 0 saturated carbocycles. The molecule has 1 aliphatic rings. The lowest BCUT2D eigenvalue weighted by Crippen LogP contribution is -2.54. The maximum atomic E-state index is 15.9. The number of hydrogen-bond acceptors (Lipinski definition) is 9. The highest BCUT2D eigenvalue weighted by Crippen LogP contribution is 2.35. The van der Waals surface area contributed by atoms with E-state index in [2.05, 4.69) is 26.5 Å². The Balaban J connectivity index is 1.88. The summed E-state index contributed by atoms with van der Waals surface area (Å²) < 4.78 is 43.0. The Morgan fingerprint density at radius 1 is 1.19 bits per heavy atom. The zero-order valence-corrected chi connectivity index (χ0v) is 25.5. The molecule has 1 amide bonds. The Morgan fingerprint density at radius 3 is 2.56 bits per heavy atom. The van der Waals surface area contributed by atoms with Crippen LogP contribution in [-0.4, -0.2) is 75.7 Å². The van der Waals surface area contributed by atoms with Gasteiger partial charge in [-0.05, 0) is 36.6 Å². The van der Waals surface area contributed by atoms with Crippen LogP contribution in [0.4, 0.5) is 10.2 Å². The van der Waals surface area contributed by atoms with E-state index in [-0.39, 0.29) is 61.6 Å². The van der Waals surface area contributed by atoms with Crippen LogP contribution >= 0.6 is 11.6 Å². The van der Waals surface area contributed by atoms with Gasteiger partial charge >= 0.3 is 5.69 Å². The highest BCUT2D eigenvalue weighted by molar-refractivity contribution is 7.90. The van der Waals surface area contributed by atoms with Gasteiger partial charge in [0.05, 0.1) is 16.1 Å². The summed E-state index contributed by atoms with van der Waals surface area (Å²) in [5, 5.41) is 0.353. The molecule has 4 aromatic rings. The molecule has 0 aliphatic carbocycles. The predicted octanol–water partition coefficient (Wildman–Crippen LogP) is 3.78. The van der Waals surface area contributed by atoms with Crippen molar-refractivity contribution in [3.63, 3.8) is 0 Å². The third-order valence-electron chi connectivity index (χ3n) is 7.37. The molecule has 0 spiro atoms. The quantitative estimate of drug-likeness (QED) is 0.294. The molecule has 0 aromatic carbocycles. The topological polar surface area (TPSA) is 131 Å². The van der Waals surface area contributed by atoms with Gasteiger partial charge in [0.1, 0.15) is 22.2 Å². The smallest absolute Gasteiger partial charge is 0.350 e. The zero-order valence-electron chi connectivity index (χ0n) is 24.0. The minimum atomic E-state index is -3.90. The van der Waals surface area contributed by atoms with E-state index in [1.54, 1.807) is 4.90 Å². The van der Waals surface area contributed by atoms with Gasteiger partial charge in [-0.15, -0.1) is 0 Å². The minimum absolute atomic E-state index is 0.0267. The van der Waals surface area contributed by atoms with E-state index in [1.165, 1.54) is 43.0 Å². The van der Waals surface area contributed by atoms with E-state index in [0.717, 1.165) is 10.8 Å². The number of halogens is 2. The van der Waals surface area contributed by atoms with Gasteiger partial charge in [-0.25, -0.2) is 27.2 Å². The van der Waals surface area contributed by atoms with Crippen LogP contribution in [0.25, 0.3) is 28.0 Å². The minimum Gasteiger partial charge on any atom is -0.350 e. The van der Waals surface area contributed by atoms with Gasteiger partial charge in [0.2, 0.25) is 5.91 Å². The van der Waals surface area contributed by atoms with Crippen molar-refractivity contribution < 1.29 is 17.6 Å². The summed E-state index contributed by atoms with van der Waals surface area (Å²) in [6.45, 7) is 10.0. The summed E-state index contributed by atoms with van der Waals surface area (Å²) in [7, 11) is -3.90. The van der Waals surface area contributed by atoms with Crippen molar-refractivity contribution >= 4 is 44.2 Å². The fraction of sp³-hybridized carbons (Fsp3) is 0.310. The molecule has 14 heteroatoms. The largest absolute Gasteiger partial charge is 0.355 e. The third kappa shape index (κ3) is 5.50. The number of nitrogens with zero attached hydrogens (tertiary/aromatic N) is 7. The lowest BCUT2D eigenvalue weighted by molar-refractivity contribution is -0.126. The number of amides is 1. The number of hydrogen-bond donors (Lipinski definition) is 0. The molecule has 0 N–H and O–H groups in total. The molecule has 224 valence electrons. The van der Waals surface area contributed by atoms with E-state index in [4.69, 9.17) is 11.6 Å². The standard InChI is InChI=1S/C29H29ClFN7O4S/c1-6-24(39)36-9-10-37(17(4)15-36)27-18-11-22(31)25(20-13-32-8-7-21(20)30)34-28(18)38(29(40)35-27)26-19(16(2)3)12-33-14-23(26)43(5,41)42/h6-8,11-14,16-17H,1,9-10,15H2,2-5H3/t17-/m0/s1. The molecule has 5 heterocycles. The maximum absolute atomic E-state index is 15.9. The average molecular weight is 626 g/mol. The van der Waals surface area contributed by atoms with Gasteiger partial charge < -0.3 is 9.80 Å². The van der Waals surface area contributed by atoms with Crippen molar-refractivity contribution in [1.29, 1.82) is 0 Å². The number of pyridine rings is 3. The van der Waals surface area contributed by atoms with Crippen LogP contribution in [0.3, 0.4) is 0 Å². The first-order valence-corrected chi connectivity index (χ1v) is 15.7. The summed E-state index contributed by atoms with van der Waals surface area (Å²) in [4.78, 5) is 46.7. The second-order valence-corrected chi connectivity index (χ2v) is 13.0. The van der Waals surface area contributed by atoms with Gasteiger partial charge in [-0.3, -0.25) is 14.8 Å². The molecule has 1 fully saturated rings. The van der Waals surface area contributed by atoms with E-state index in [1.807, 2.05) is 25.7 Å². The van der Waals surface area contributed by atoms with E-state index in [9.17, 15) is 18.0 Å². The Labute approximate surface area is 252 Å². The molecular weight excluding hydrogens is 597 g/mol. The summed E-state index contributed by atoms with van der Waals surface area (Å²) in [6, 6.07) is 2.39. The van der Waals surface area contributed by atoms with Crippen molar-refractivity contribution in [2.45, 2.75) is 37.6 Å². The molecule has 1 aliphatic heterocycles.